The molecule has 0 saturated carbocycles. The zero-order valence-corrected chi connectivity index (χ0v) is 27.1. The van der Waals surface area contributed by atoms with E-state index in [2.05, 4.69) is 15.8 Å². The van der Waals surface area contributed by atoms with Gasteiger partial charge < -0.3 is 0 Å². The van der Waals surface area contributed by atoms with Crippen LogP contribution in [0.3, 0.4) is 0 Å². The monoisotopic (exact) mass is 694 g/mol. The molecule has 10 heteroatoms. The maximum absolute atomic E-state index is 13.7. The molecule has 52 heavy (non-hydrogen) atoms. The molecule has 5 aromatic rings. The van der Waals surface area contributed by atoms with Crippen LogP contribution in [0.5, 0.6) is 0 Å². The molecule has 0 amide bonds. The van der Waals surface area contributed by atoms with E-state index in [0.29, 0.717) is 51.1 Å². The van der Waals surface area contributed by atoms with E-state index in [1.54, 1.807) is 12.1 Å². The molecule has 0 atom stereocenters. The van der Waals surface area contributed by atoms with Crippen molar-refractivity contribution in [2.24, 2.45) is 0 Å². The van der Waals surface area contributed by atoms with E-state index in [1.807, 2.05) is 62.4 Å². The lowest BCUT2D eigenvalue weighted by atomic mass is 9.94. The zero-order valence-electron chi connectivity index (χ0n) is 27.1. The van der Waals surface area contributed by atoms with Crippen LogP contribution in [0.25, 0.3) is 65.3 Å². The molecule has 0 N–H and O–H groups in total. The fraction of sp³-hybridized carbons (Fsp3) is 0.0952. The summed E-state index contributed by atoms with van der Waals surface area (Å²) in [6.45, 7) is 19.6. The Kier molecular flexibility index (Phi) is 7.67. The third kappa shape index (κ3) is 5.39. The second kappa shape index (κ2) is 11.9. The minimum atomic E-state index is -5.05. The van der Waals surface area contributed by atoms with Crippen molar-refractivity contribution in [2.75, 3.05) is 0 Å². The van der Waals surface area contributed by atoms with Crippen LogP contribution in [0.1, 0.15) is 44.5 Å². The van der Waals surface area contributed by atoms with Crippen LogP contribution in [-0.4, -0.2) is 0 Å². The Hall–Kier alpha value is -6.88. The van der Waals surface area contributed by atoms with Gasteiger partial charge >= 0.3 is 12.4 Å². The van der Waals surface area contributed by atoms with Gasteiger partial charge in [-0.1, -0.05) is 53.6 Å². The fourth-order valence-electron chi connectivity index (χ4n) is 7.13. The van der Waals surface area contributed by atoms with Gasteiger partial charge in [-0.25, -0.2) is 20.2 Å². The van der Waals surface area contributed by atoms with E-state index >= 15 is 0 Å². The Balaban J connectivity index is 1.47. The van der Waals surface area contributed by atoms with Gasteiger partial charge in [0.15, 0.2) is 0 Å². The van der Waals surface area contributed by atoms with E-state index in [4.69, 9.17) is 13.1 Å². The summed E-state index contributed by atoms with van der Waals surface area (Å²) in [5.41, 5.74) is 5.00. The second-order valence-corrected chi connectivity index (χ2v) is 12.5. The Bertz CT molecular complexity index is 2580. The summed E-state index contributed by atoms with van der Waals surface area (Å²) in [6.07, 6.45) is -10.1. The highest BCUT2D eigenvalue weighted by Crippen LogP contribution is 2.55. The number of alkyl halides is 6. The Morgan fingerprint density at radius 1 is 0.481 bits per heavy atom. The number of hydrogen-bond donors (Lipinski definition) is 0. The highest BCUT2D eigenvalue weighted by atomic mass is 19.4. The van der Waals surface area contributed by atoms with Crippen molar-refractivity contribution < 1.29 is 26.3 Å². The second-order valence-electron chi connectivity index (χ2n) is 12.5. The average molecular weight is 695 g/mol. The van der Waals surface area contributed by atoms with Crippen LogP contribution in [0.2, 0.25) is 0 Å². The van der Waals surface area contributed by atoms with Gasteiger partial charge in [-0.05, 0) is 123 Å². The number of halogens is 6. The summed E-state index contributed by atoms with van der Waals surface area (Å²) in [4.78, 5) is 6.94. The molecular formula is C42H20F6N4. The van der Waals surface area contributed by atoms with Crippen LogP contribution < -0.4 is 0 Å². The van der Waals surface area contributed by atoms with Crippen LogP contribution >= 0.6 is 0 Å². The van der Waals surface area contributed by atoms with Gasteiger partial charge in [0.1, 0.15) is 0 Å². The predicted octanol–water partition coefficient (Wildman–Crippen LogP) is 12.0. The van der Waals surface area contributed by atoms with Crippen molar-refractivity contribution in [3.05, 3.63) is 164 Å². The van der Waals surface area contributed by atoms with Crippen molar-refractivity contribution in [2.45, 2.75) is 26.2 Å². The van der Waals surface area contributed by atoms with Crippen LogP contribution in [0.15, 0.2) is 96.3 Å². The minimum absolute atomic E-state index is 0.0140. The average Bonchev–Trinajstić information content (AvgIpc) is 3.58. The Morgan fingerprint density at radius 3 is 1.25 bits per heavy atom. The number of allylic oxidation sites excluding steroid dienone is 2. The number of nitriles is 2. The van der Waals surface area contributed by atoms with Crippen molar-refractivity contribution in [3.8, 4) is 56.6 Å². The number of hydrogen-bond acceptors (Lipinski definition) is 2. The maximum atomic E-state index is 13.7. The largest absolute Gasteiger partial charge is 0.416 e. The lowest BCUT2D eigenvalue weighted by molar-refractivity contribution is -0.143. The number of aryl methyl sites for hydroxylation is 2. The summed E-state index contributed by atoms with van der Waals surface area (Å²) in [5.74, 6) is 0. The molecule has 0 spiro atoms. The van der Waals surface area contributed by atoms with Gasteiger partial charge in [0.25, 0.3) is 11.4 Å². The molecule has 0 aliphatic heterocycles. The van der Waals surface area contributed by atoms with Crippen LogP contribution in [0, 0.1) is 49.7 Å². The van der Waals surface area contributed by atoms with Gasteiger partial charge in [0.05, 0.1) is 36.4 Å². The van der Waals surface area contributed by atoms with Crippen molar-refractivity contribution in [1.29, 1.82) is 10.5 Å². The molecule has 250 valence electrons. The zero-order chi connectivity index (χ0) is 37.3. The highest BCUT2D eigenvalue weighted by molar-refractivity contribution is 6.11. The lowest BCUT2D eigenvalue weighted by Gasteiger charge is -2.15. The fourth-order valence-corrected chi connectivity index (χ4v) is 7.13. The van der Waals surface area contributed by atoms with Gasteiger partial charge in [-0.3, -0.25) is 0 Å². The van der Waals surface area contributed by atoms with Crippen molar-refractivity contribution in [3.63, 3.8) is 0 Å². The summed E-state index contributed by atoms with van der Waals surface area (Å²) >= 11 is 0. The van der Waals surface area contributed by atoms with Crippen molar-refractivity contribution >= 4 is 11.1 Å². The van der Waals surface area contributed by atoms with Gasteiger partial charge in [-0.2, -0.15) is 26.3 Å². The Morgan fingerprint density at radius 2 is 0.865 bits per heavy atom. The third-order valence-corrected chi connectivity index (χ3v) is 9.24. The molecule has 0 fully saturated rings. The molecule has 2 aliphatic carbocycles. The summed E-state index contributed by atoms with van der Waals surface area (Å²) < 4.78 is 82.3. The first kappa shape index (κ1) is 33.6. The summed E-state index contributed by atoms with van der Waals surface area (Å²) in [5, 5.41) is 20.1. The molecule has 0 heterocycles. The standard InChI is InChI=1S/C42H20F6N4/c1-21-9-22(2)11-25(10-21)23-5-7-29-31-17-32-30-8-6-24(26-12-27(41(43,44)45)16-28(13-26)42(46,47)48)15-34(30)40(38(20-50)52-4)36(32)18-35(31)39(33(29)14-23)37(19-49)51-3/h5-18H,1-2H3/b39-37+,40-38-. The first-order valence-electron chi connectivity index (χ1n) is 15.6. The van der Waals surface area contributed by atoms with Gasteiger partial charge in [0, 0.05) is 11.1 Å². The first-order chi connectivity index (χ1) is 24.7. The molecule has 0 aromatic heterocycles. The normalized spacial score (nSPS) is 14.5. The molecule has 0 unspecified atom stereocenters. The SMILES string of the molecule is [C-]#[N+]/C(C#N)=C1/c2cc(-c3cc(C(F)(F)F)cc(C(F)(F)F)c3)ccc2-c2cc3c(cc21)/C(=C(\C#N)[N+]#[C-])c1cc(-c2cc(C)cc(C)c2)ccc1-3. The predicted molar refractivity (Wildman–Crippen MR) is 184 cm³/mol. The van der Waals surface area contributed by atoms with Crippen molar-refractivity contribution in [1.82, 2.24) is 0 Å². The van der Waals surface area contributed by atoms with E-state index in [1.165, 1.54) is 12.1 Å². The molecule has 4 nitrogen and oxygen atoms in total. The minimum Gasteiger partial charge on any atom is -0.226 e. The third-order valence-electron chi connectivity index (χ3n) is 9.24. The van der Waals surface area contributed by atoms with Gasteiger partial charge in [0.2, 0.25) is 0 Å². The smallest absolute Gasteiger partial charge is 0.226 e. The molecule has 0 radical (unpaired) electrons. The molecule has 0 bridgehead atoms. The topological polar surface area (TPSA) is 56.3 Å². The summed E-state index contributed by atoms with van der Waals surface area (Å²) in [7, 11) is 0. The summed E-state index contributed by atoms with van der Waals surface area (Å²) in [6, 6.07) is 24.9. The van der Waals surface area contributed by atoms with E-state index in [-0.39, 0.29) is 39.7 Å². The van der Waals surface area contributed by atoms with E-state index in [9.17, 15) is 36.9 Å². The quantitative estimate of drug-likeness (QED) is 0.103. The Labute approximate surface area is 294 Å². The number of nitrogens with zero attached hydrogens (tertiary/aromatic N) is 4. The number of benzene rings is 5. The molecular weight excluding hydrogens is 674 g/mol. The maximum Gasteiger partial charge on any atom is 0.416 e. The van der Waals surface area contributed by atoms with E-state index in [0.717, 1.165) is 27.8 Å². The molecule has 2 aliphatic rings. The molecule has 5 aromatic carbocycles. The number of rotatable bonds is 2. The van der Waals surface area contributed by atoms with Crippen LogP contribution in [-0.2, 0) is 12.4 Å². The van der Waals surface area contributed by atoms with Gasteiger partial charge in [-0.15, -0.1) is 0 Å². The van der Waals surface area contributed by atoms with Crippen LogP contribution in [0.4, 0.5) is 26.3 Å². The van der Waals surface area contributed by atoms with E-state index < -0.39 is 23.5 Å². The lowest BCUT2D eigenvalue weighted by Crippen LogP contribution is -2.11. The molecule has 0 saturated heterocycles. The number of fused-ring (bicyclic) bond motifs is 6. The molecule has 7 rings (SSSR count). The highest BCUT2D eigenvalue weighted by Gasteiger charge is 2.38. The first-order valence-corrected chi connectivity index (χ1v) is 15.6.